The van der Waals surface area contributed by atoms with E-state index in [0.717, 1.165) is 17.7 Å². The molecular formula is C16H19NO. The molecule has 0 heterocycles. The first kappa shape index (κ1) is 12.7. The maximum Gasteiger partial charge on any atom is 0.124 e. The number of hydrogen-bond donors (Lipinski definition) is 1. The van der Waals surface area contributed by atoms with E-state index in [2.05, 4.69) is 12.1 Å². The zero-order valence-electron chi connectivity index (χ0n) is 10.7. The van der Waals surface area contributed by atoms with Gasteiger partial charge in [-0.1, -0.05) is 48.5 Å². The van der Waals surface area contributed by atoms with Gasteiger partial charge >= 0.3 is 0 Å². The van der Waals surface area contributed by atoms with Crippen molar-refractivity contribution in [2.45, 2.75) is 19.4 Å². The molecule has 2 rings (SSSR count). The van der Waals surface area contributed by atoms with Crippen molar-refractivity contribution in [1.82, 2.24) is 0 Å². The van der Waals surface area contributed by atoms with E-state index in [1.54, 1.807) is 0 Å². The molecular weight excluding hydrogens is 222 g/mol. The van der Waals surface area contributed by atoms with Crippen LogP contribution in [0.2, 0.25) is 0 Å². The fourth-order valence-corrected chi connectivity index (χ4v) is 1.91. The summed E-state index contributed by atoms with van der Waals surface area (Å²) in [6, 6.07) is 18.3. The maximum atomic E-state index is 5.92. The fraction of sp³-hybridized carbons (Fsp3) is 0.250. The van der Waals surface area contributed by atoms with Crippen molar-refractivity contribution in [2.75, 3.05) is 6.61 Å². The van der Waals surface area contributed by atoms with E-state index in [1.807, 2.05) is 49.4 Å². The van der Waals surface area contributed by atoms with Crippen LogP contribution in [0.15, 0.2) is 54.6 Å². The normalized spacial score (nSPS) is 12.1. The Kier molecular flexibility index (Phi) is 4.37. The molecule has 2 heteroatoms. The molecule has 0 fully saturated rings. The highest BCUT2D eigenvalue weighted by Crippen LogP contribution is 2.23. The van der Waals surface area contributed by atoms with E-state index in [-0.39, 0.29) is 6.04 Å². The van der Waals surface area contributed by atoms with Crippen LogP contribution >= 0.6 is 0 Å². The van der Waals surface area contributed by atoms with Gasteiger partial charge in [-0.15, -0.1) is 0 Å². The predicted molar refractivity (Wildman–Crippen MR) is 74.7 cm³/mol. The highest BCUT2D eigenvalue weighted by atomic mass is 16.5. The van der Waals surface area contributed by atoms with E-state index < -0.39 is 0 Å². The van der Waals surface area contributed by atoms with Crippen molar-refractivity contribution in [3.63, 3.8) is 0 Å². The number of ether oxygens (including phenoxy) is 1. The van der Waals surface area contributed by atoms with Gasteiger partial charge in [-0.05, 0) is 18.6 Å². The Labute approximate surface area is 108 Å². The van der Waals surface area contributed by atoms with Crippen molar-refractivity contribution in [2.24, 2.45) is 5.73 Å². The van der Waals surface area contributed by atoms with E-state index in [4.69, 9.17) is 10.5 Å². The van der Waals surface area contributed by atoms with Gasteiger partial charge in [0.25, 0.3) is 0 Å². The summed E-state index contributed by atoms with van der Waals surface area (Å²) in [7, 11) is 0. The van der Waals surface area contributed by atoms with Gasteiger partial charge in [0.2, 0.25) is 0 Å². The summed E-state index contributed by atoms with van der Waals surface area (Å²) in [5.41, 5.74) is 8.27. The Bertz CT molecular complexity index is 479. The summed E-state index contributed by atoms with van der Waals surface area (Å²) in [6.45, 7) is 2.65. The third-order valence-corrected chi connectivity index (χ3v) is 2.90. The molecule has 2 nitrogen and oxygen atoms in total. The minimum atomic E-state index is -0.00192. The molecule has 0 saturated heterocycles. The predicted octanol–water partition coefficient (Wildman–Crippen LogP) is 3.33. The molecule has 0 radical (unpaired) electrons. The summed E-state index contributed by atoms with van der Waals surface area (Å²) in [6.07, 6.45) is 0.911. The molecule has 0 aliphatic heterocycles. The van der Waals surface area contributed by atoms with Crippen LogP contribution in [0.3, 0.4) is 0 Å². The van der Waals surface area contributed by atoms with Crippen LogP contribution in [-0.2, 0) is 6.42 Å². The minimum Gasteiger partial charge on any atom is -0.493 e. The van der Waals surface area contributed by atoms with Crippen LogP contribution in [-0.4, -0.2) is 6.61 Å². The highest BCUT2D eigenvalue weighted by Gasteiger charge is 2.06. The Morgan fingerprint density at radius 1 is 1.00 bits per heavy atom. The summed E-state index contributed by atoms with van der Waals surface area (Å²) >= 11 is 0. The van der Waals surface area contributed by atoms with Crippen molar-refractivity contribution in [1.29, 1.82) is 0 Å². The molecule has 94 valence electrons. The van der Waals surface area contributed by atoms with Gasteiger partial charge in [-0.2, -0.15) is 0 Å². The monoisotopic (exact) mass is 241 g/mol. The average molecular weight is 241 g/mol. The summed E-state index contributed by atoms with van der Waals surface area (Å²) in [5, 5.41) is 0. The van der Waals surface area contributed by atoms with Crippen molar-refractivity contribution in [3.05, 3.63) is 65.7 Å². The maximum absolute atomic E-state index is 5.92. The Morgan fingerprint density at radius 3 is 2.39 bits per heavy atom. The lowest BCUT2D eigenvalue weighted by molar-refractivity contribution is 0.317. The summed E-state index contributed by atoms with van der Waals surface area (Å²) in [4.78, 5) is 0. The lowest BCUT2D eigenvalue weighted by Gasteiger charge is -2.13. The van der Waals surface area contributed by atoms with E-state index in [9.17, 15) is 0 Å². The number of rotatable bonds is 5. The largest absolute Gasteiger partial charge is 0.493 e. The van der Waals surface area contributed by atoms with Crippen molar-refractivity contribution >= 4 is 0 Å². The quantitative estimate of drug-likeness (QED) is 0.871. The van der Waals surface area contributed by atoms with E-state index in [1.165, 1.54) is 5.56 Å². The zero-order valence-corrected chi connectivity index (χ0v) is 10.7. The van der Waals surface area contributed by atoms with Gasteiger partial charge in [0, 0.05) is 18.0 Å². The number of hydrogen-bond acceptors (Lipinski definition) is 2. The molecule has 2 aromatic rings. The standard InChI is InChI=1S/C16H19NO/c1-13(17)15-9-5-6-10-16(15)18-12-11-14-7-3-2-4-8-14/h2-10,13H,11-12,17H2,1H3/t13-/m0/s1. The lowest BCUT2D eigenvalue weighted by atomic mass is 10.1. The van der Waals surface area contributed by atoms with Gasteiger partial charge in [-0.3, -0.25) is 0 Å². The molecule has 2 N–H and O–H groups in total. The second kappa shape index (κ2) is 6.22. The number of benzene rings is 2. The van der Waals surface area contributed by atoms with Crippen LogP contribution in [0.25, 0.3) is 0 Å². The van der Waals surface area contributed by atoms with Gasteiger partial charge in [0.1, 0.15) is 5.75 Å². The second-order valence-corrected chi connectivity index (χ2v) is 4.41. The molecule has 0 unspecified atom stereocenters. The van der Waals surface area contributed by atoms with Gasteiger partial charge < -0.3 is 10.5 Å². The number of para-hydroxylation sites is 1. The Hall–Kier alpha value is -1.80. The SMILES string of the molecule is C[C@H](N)c1ccccc1OCCc1ccccc1. The van der Waals surface area contributed by atoms with E-state index >= 15 is 0 Å². The Morgan fingerprint density at radius 2 is 1.67 bits per heavy atom. The summed E-state index contributed by atoms with van der Waals surface area (Å²) in [5.74, 6) is 0.892. The molecule has 0 saturated carbocycles. The molecule has 2 aromatic carbocycles. The first-order valence-corrected chi connectivity index (χ1v) is 6.28. The van der Waals surface area contributed by atoms with Crippen LogP contribution in [0.4, 0.5) is 0 Å². The third kappa shape index (κ3) is 3.34. The van der Waals surface area contributed by atoms with Gasteiger partial charge in [0.15, 0.2) is 0 Å². The minimum absolute atomic E-state index is 0.00192. The smallest absolute Gasteiger partial charge is 0.124 e. The van der Waals surface area contributed by atoms with E-state index in [0.29, 0.717) is 6.61 Å². The summed E-state index contributed by atoms with van der Waals surface area (Å²) < 4.78 is 5.82. The zero-order chi connectivity index (χ0) is 12.8. The van der Waals surface area contributed by atoms with Crippen LogP contribution in [0.5, 0.6) is 5.75 Å². The topological polar surface area (TPSA) is 35.2 Å². The van der Waals surface area contributed by atoms with Crippen LogP contribution < -0.4 is 10.5 Å². The first-order valence-electron chi connectivity index (χ1n) is 6.28. The van der Waals surface area contributed by atoms with Crippen molar-refractivity contribution < 1.29 is 4.74 Å². The molecule has 0 amide bonds. The highest BCUT2D eigenvalue weighted by molar-refractivity contribution is 5.35. The molecule has 18 heavy (non-hydrogen) atoms. The van der Waals surface area contributed by atoms with Gasteiger partial charge in [-0.25, -0.2) is 0 Å². The molecule has 1 atom stereocenters. The molecule has 0 aliphatic rings. The Balaban J connectivity index is 1.94. The molecule has 0 aliphatic carbocycles. The lowest BCUT2D eigenvalue weighted by Crippen LogP contribution is -2.09. The van der Waals surface area contributed by atoms with Crippen LogP contribution in [0.1, 0.15) is 24.1 Å². The fourth-order valence-electron chi connectivity index (χ4n) is 1.91. The first-order chi connectivity index (χ1) is 8.77. The van der Waals surface area contributed by atoms with Crippen molar-refractivity contribution in [3.8, 4) is 5.75 Å². The second-order valence-electron chi connectivity index (χ2n) is 4.41. The average Bonchev–Trinajstić information content (AvgIpc) is 2.40. The molecule has 0 bridgehead atoms. The molecule has 0 aromatic heterocycles. The van der Waals surface area contributed by atoms with Crippen LogP contribution in [0, 0.1) is 0 Å². The number of nitrogens with two attached hydrogens (primary N) is 1. The van der Waals surface area contributed by atoms with Gasteiger partial charge in [0.05, 0.1) is 6.61 Å². The molecule has 0 spiro atoms. The third-order valence-electron chi connectivity index (χ3n) is 2.90.